The third kappa shape index (κ3) is 2.91. The van der Waals surface area contributed by atoms with Crippen molar-refractivity contribution in [3.05, 3.63) is 48.2 Å². The second-order valence-electron chi connectivity index (χ2n) is 2.29. The van der Waals surface area contributed by atoms with Crippen molar-refractivity contribution < 1.29 is 9.59 Å². The molecule has 0 heterocycles. The van der Waals surface area contributed by atoms with E-state index in [1.165, 1.54) is 12.5 Å². The molecule has 0 aliphatic carbocycles. The van der Waals surface area contributed by atoms with Crippen molar-refractivity contribution in [3.8, 4) is 0 Å². The van der Waals surface area contributed by atoms with Crippen LogP contribution in [-0.2, 0) is 4.79 Å². The predicted octanol–water partition coefficient (Wildman–Crippen LogP) is 1.04. The van der Waals surface area contributed by atoms with E-state index >= 15 is 0 Å². The zero-order valence-corrected chi connectivity index (χ0v) is 6.86. The second-order valence-corrected chi connectivity index (χ2v) is 2.29. The molecule has 1 aromatic rings. The van der Waals surface area contributed by atoms with Gasteiger partial charge >= 0.3 is 0 Å². The van der Waals surface area contributed by atoms with Gasteiger partial charge in [0.25, 0.3) is 5.91 Å². The Bertz CT molecular complexity index is 317. The van der Waals surface area contributed by atoms with Crippen LogP contribution >= 0.6 is 0 Å². The van der Waals surface area contributed by atoms with Crippen LogP contribution in [0.25, 0.3) is 0 Å². The van der Waals surface area contributed by atoms with Crippen LogP contribution in [0.2, 0.25) is 0 Å². The molecule has 0 aliphatic heterocycles. The van der Waals surface area contributed by atoms with Crippen LogP contribution in [0, 0.1) is 0 Å². The number of hydrogen-bond acceptors (Lipinski definition) is 2. The summed E-state index contributed by atoms with van der Waals surface area (Å²) in [5, 5.41) is 2.42. The van der Waals surface area contributed by atoms with Crippen molar-refractivity contribution in [2.24, 2.45) is 0 Å². The molecule has 13 heavy (non-hydrogen) atoms. The molecule has 0 saturated heterocycles. The highest BCUT2D eigenvalue weighted by Gasteiger charge is 1.99. The number of benzene rings is 1. The van der Waals surface area contributed by atoms with Crippen molar-refractivity contribution in [1.82, 2.24) is 5.32 Å². The van der Waals surface area contributed by atoms with E-state index < -0.39 is 0 Å². The highest BCUT2D eigenvalue weighted by atomic mass is 16.1. The van der Waals surface area contributed by atoms with Crippen LogP contribution in [0.4, 0.5) is 0 Å². The average Bonchev–Trinajstić information content (AvgIpc) is 2.19. The molecule has 1 N–H and O–H groups in total. The first-order valence-electron chi connectivity index (χ1n) is 3.73. The Balaban J connectivity index is 2.59. The molecule has 0 aliphatic rings. The van der Waals surface area contributed by atoms with Gasteiger partial charge in [-0.2, -0.15) is 0 Å². The molecule has 0 saturated carbocycles. The Morgan fingerprint density at radius 3 is 2.62 bits per heavy atom. The molecule has 0 spiro atoms. The van der Waals surface area contributed by atoms with Gasteiger partial charge in [0, 0.05) is 17.8 Å². The van der Waals surface area contributed by atoms with Gasteiger partial charge in [0.2, 0.25) is 6.29 Å². The van der Waals surface area contributed by atoms with Gasteiger partial charge in [0.05, 0.1) is 0 Å². The smallest absolute Gasteiger partial charge is 0.255 e. The summed E-state index contributed by atoms with van der Waals surface area (Å²) in [7, 11) is 0. The lowest BCUT2D eigenvalue weighted by atomic mass is 10.2. The summed E-state index contributed by atoms with van der Waals surface area (Å²) in [6.45, 7) is 0. The summed E-state index contributed by atoms with van der Waals surface area (Å²) in [5.41, 5.74) is 0.554. The Morgan fingerprint density at radius 2 is 2.00 bits per heavy atom. The Hall–Kier alpha value is -1.90. The van der Waals surface area contributed by atoms with Crippen LogP contribution in [0.3, 0.4) is 0 Å². The van der Waals surface area contributed by atoms with E-state index in [-0.39, 0.29) is 5.91 Å². The van der Waals surface area contributed by atoms with E-state index in [0.29, 0.717) is 5.56 Å². The maximum absolute atomic E-state index is 11.2. The first kappa shape index (κ1) is 9.19. The van der Waals surface area contributed by atoms with Gasteiger partial charge in [-0.25, -0.2) is 0 Å². The third-order valence-electron chi connectivity index (χ3n) is 1.40. The minimum atomic E-state index is -0.243. The zero-order chi connectivity index (χ0) is 9.52. The summed E-state index contributed by atoms with van der Waals surface area (Å²) in [6, 6.07) is 8.74. The van der Waals surface area contributed by atoms with Crippen molar-refractivity contribution in [1.29, 1.82) is 0 Å². The van der Waals surface area contributed by atoms with Crippen LogP contribution in [0.1, 0.15) is 10.4 Å². The lowest BCUT2D eigenvalue weighted by Crippen LogP contribution is -2.16. The number of allylic oxidation sites excluding steroid dienone is 1. The fourth-order valence-corrected chi connectivity index (χ4v) is 0.824. The van der Waals surface area contributed by atoms with Gasteiger partial charge in [-0.3, -0.25) is 9.59 Å². The van der Waals surface area contributed by atoms with Gasteiger partial charge in [0.1, 0.15) is 0 Å². The number of nitrogens with one attached hydrogen (secondary N) is 1. The Kier molecular flexibility index (Phi) is 3.45. The number of carbonyl (C=O) groups excluding carboxylic acids is 2. The molecule has 3 nitrogen and oxygen atoms in total. The molecule has 0 atom stereocenters. The van der Waals surface area contributed by atoms with E-state index in [2.05, 4.69) is 5.32 Å². The molecule has 1 aromatic carbocycles. The zero-order valence-electron chi connectivity index (χ0n) is 6.86. The molecular weight excluding hydrogens is 166 g/mol. The van der Waals surface area contributed by atoms with Crippen molar-refractivity contribution in [3.63, 3.8) is 0 Å². The molecule has 1 radical (unpaired) electrons. The third-order valence-corrected chi connectivity index (χ3v) is 1.40. The molecule has 0 unspecified atom stereocenters. The summed E-state index contributed by atoms with van der Waals surface area (Å²) < 4.78 is 0. The lowest BCUT2D eigenvalue weighted by Gasteiger charge is -1.97. The summed E-state index contributed by atoms with van der Waals surface area (Å²) in [5.74, 6) is -0.243. The molecule has 0 bridgehead atoms. The molecule has 0 aromatic heterocycles. The van der Waals surface area contributed by atoms with Crippen LogP contribution in [0.15, 0.2) is 42.6 Å². The van der Waals surface area contributed by atoms with E-state index in [1.807, 2.05) is 6.07 Å². The highest BCUT2D eigenvalue weighted by molar-refractivity contribution is 5.94. The second kappa shape index (κ2) is 4.87. The number of hydrogen-bond donors (Lipinski definition) is 1. The van der Waals surface area contributed by atoms with Gasteiger partial charge in [0.15, 0.2) is 0 Å². The number of amides is 1. The fourth-order valence-electron chi connectivity index (χ4n) is 0.824. The van der Waals surface area contributed by atoms with Crippen LogP contribution < -0.4 is 5.32 Å². The lowest BCUT2D eigenvalue weighted by molar-refractivity contribution is 0.0970. The SMILES string of the molecule is O=[C]/C=C/NC(=O)c1ccccc1. The summed E-state index contributed by atoms with van der Waals surface area (Å²) in [6.07, 6.45) is 3.88. The number of rotatable bonds is 3. The van der Waals surface area contributed by atoms with Crippen LogP contribution in [-0.4, -0.2) is 12.2 Å². The summed E-state index contributed by atoms with van der Waals surface area (Å²) in [4.78, 5) is 21.0. The van der Waals surface area contributed by atoms with Crippen molar-refractivity contribution in [2.45, 2.75) is 0 Å². The standard InChI is InChI=1S/C10H8NO2/c12-8-4-7-11-10(13)9-5-2-1-3-6-9/h1-7H,(H,11,13)/b7-4+. The average molecular weight is 174 g/mol. The molecule has 1 rings (SSSR count). The molecule has 1 amide bonds. The van der Waals surface area contributed by atoms with E-state index in [4.69, 9.17) is 0 Å². The fraction of sp³-hybridized carbons (Fsp3) is 0. The van der Waals surface area contributed by atoms with Crippen molar-refractivity contribution >= 4 is 12.2 Å². The predicted molar refractivity (Wildman–Crippen MR) is 48.7 cm³/mol. The van der Waals surface area contributed by atoms with E-state index in [1.54, 1.807) is 24.3 Å². The summed E-state index contributed by atoms with van der Waals surface area (Å²) >= 11 is 0. The van der Waals surface area contributed by atoms with Gasteiger partial charge in [-0.1, -0.05) is 18.2 Å². The maximum Gasteiger partial charge on any atom is 0.255 e. The molecule has 0 fully saturated rings. The van der Waals surface area contributed by atoms with Crippen molar-refractivity contribution in [2.75, 3.05) is 0 Å². The van der Waals surface area contributed by atoms with E-state index in [0.717, 1.165) is 6.08 Å². The van der Waals surface area contributed by atoms with Gasteiger partial charge in [-0.15, -0.1) is 0 Å². The van der Waals surface area contributed by atoms with Gasteiger partial charge < -0.3 is 5.32 Å². The Morgan fingerprint density at radius 1 is 1.31 bits per heavy atom. The molecule has 65 valence electrons. The van der Waals surface area contributed by atoms with E-state index in [9.17, 15) is 9.59 Å². The first-order chi connectivity index (χ1) is 6.34. The first-order valence-corrected chi connectivity index (χ1v) is 3.73. The topological polar surface area (TPSA) is 46.2 Å². The molecule has 3 heteroatoms. The quantitative estimate of drug-likeness (QED) is 0.696. The minimum Gasteiger partial charge on any atom is -0.328 e. The largest absolute Gasteiger partial charge is 0.328 e. The highest BCUT2D eigenvalue weighted by Crippen LogP contribution is 1.97. The monoisotopic (exact) mass is 174 g/mol. The van der Waals surface area contributed by atoms with Gasteiger partial charge in [-0.05, 0) is 12.1 Å². The Labute approximate surface area is 76.1 Å². The number of carbonyl (C=O) groups is 1. The normalized spacial score (nSPS) is 9.85. The van der Waals surface area contributed by atoms with Crippen LogP contribution in [0.5, 0.6) is 0 Å². The minimum absolute atomic E-state index is 0.243. The molecular formula is C10H8NO2. The maximum atomic E-state index is 11.2.